The highest BCUT2D eigenvalue weighted by Gasteiger charge is 2.02. The Balaban J connectivity index is 0. The maximum atomic E-state index is 10.1. The topological polar surface area (TPSA) is 119 Å². The average Bonchev–Trinajstić information content (AvgIpc) is 2.42. The summed E-state index contributed by atoms with van der Waals surface area (Å²) in [6, 6.07) is 8.71. The van der Waals surface area contributed by atoms with Crippen molar-refractivity contribution in [3.8, 4) is 5.75 Å². The lowest BCUT2D eigenvalue weighted by Crippen LogP contribution is -2.04. The third kappa shape index (κ3) is 18.9. The van der Waals surface area contributed by atoms with Crippen LogP contribution in [-0.2, 0) is 14.6 Å². The molecular weight excluding hydrogens is 306 g/mol. The van der Waals surface area contributed by atoms with Crippen molar-refractivity contribution in [1.29, 1.82) is 0 Å². The van der Waals surface area contributed by atoms with Gasteiger partial charge in [-0.1, -0.05) is 63.6 Å². The smallest absolute Gasteiger partial charge is 0.397 e. The second-order valence-corrected chi connectivity index (χ2v) is 5.80. The van der Waals surface area contributed by atoms with E-state index in [1.807, 2.05) is 6.07 Å². The maximum Gasteiger partial charge on any atom is 0.397 e. The number of hydrogen-bond donors (Lipinski definition) is 3. The molecule has 0 amide bonds. The first kappa shape index (κ1) is 23.1. The Labute approximate surface area is 134 Å². The summed E-state index contributed by atoms with van der Waals surface area (Å²) in [5.74, 6) is 0.322. The van der Waals surface area contributed by atoms with Crippen LogP contribution in [0.3, 0.4) is 0 Å². The molecule has 0 aliphatic heterocycles. The summed E-state index contributed by atoms with van der Waals surface area (Å²) >= 11 is 0. The minimum Gasteiger partial charge on any atom is -0.508 e. The molecule has 0 radical (unpaired) electrons. The molecule has 0 heterocycles. The molecule has 0 aromatic heterocycles. The van der Waals surface area contributed by atoms with Crippen molar-refractivity contribution in [2.45, 2.75) is 51.9 Å². The zero-order chi connectivity index (χ0) is 16.0. The number of aromatic hydroxyl groups is 1. The molecule has 0 unspecified atom stereocenters. The van der Waals surface area contributed by atoms with Gasteiger partial charge in [-0.2, -0.15) is 8.42 Å². The van der Waals surface area contributed by atoms with Crippen LogP contribution >= 0.6 is 0 Å². The van der Waals surface area contributed by atoms with Gasteiger partial charge < -0.3 is 11.3 Å². The monoisotopic (exact) mass is 335 g/mol. The van der Waals surface area contributed by atoms with Crippen LogP contribution in [0.2, 0.25) is 0 Å². The summed E-state index contributed by atoms with van der Waals surface area (Å²) < 4.78 is 32.7. The van der Waals surface area contributed by atoms with Gasteiger partial charge in [-0.25, -0.2) is 4.18 Å². The van der Waals surface area contributed by atoms with E-state index in [1.54, 1.807) is 24.3 Å². The summed E-state index contributed by atoms with van der Waals surface area (Å²) in [5, 5.41) is 8.63. The van der Waals surface area contributed by atoms with Gasteiger partial charge in [0.2, 0.25) is 0 Å². The molecule has 5 N–H and O–H groups in total. The first-order valence-corrected chi connectivity index (χ1v) is 8.68. The van der Waals surface area contributed by atoms with E-state index >= 15 is 0 Å². The molecule has 1 aromatic carbocycles. The van der Waals surface area contributed by atoms with Crippen LogP contribution in [0.4, 0.5) is 0 Å². The van der Waals surface area contributed by atoms with Gasteiger partial charge in [0.1, 0.15) is 5.75 Å². The first-order chi connectivity index (χ1) is 9.95. The number of unbranched alkanes of at least 4 members (excludes halogenated alkanes) is 6. The summed E-state index contributed by atoms with van der Waals surface area (Å²) in [7, 11) is -4.23. The van der Waals surface area contributed by atoms with E-state index in [0.717, 1.165) is 12.8 Å². The van der Waals surface area contributed by atoms with Crippen LogP contribution < -0.4 is 6.15 Å². The molecule has 22 heavy (non-hydrogen) atoms. The predicted molar refractivity (Wildman–Crippen MR) is 88.6 cm³/mol. The van der Waals surface area contributed by atoms with Crippen LogP contribution in [-0.4, -0.2) is 24.7 Å². The SMILES string of the molecule is CCCCCCCCCOS(=O)(=O)O.N.Oc1ccccc1. The molecule has 0 spiro atoms. The summed E-state index contributed by atoms with van der Waals surface area (Å²) in [6.07, 6.45) is 7.68. The normalized spacial score (nSPS) is 10.3. The van der Waals surface area contributed by atoms with E-state index in [2.05, 4.69) is 11.1 Å². The molecule has 0 saturated carbocycles. The van der Waals surface area contributed by atoms with Gasteiger partial charge in [-0.15, -0.1) is 0 Å². The molecule has 1 rings (SSSR count). The predicted octanol–water partition coefficient (Wildman–Crippen LogP) is 4.11. The number of hydrogen-bond acceptors (Lipinski definition) is 5. The van der Waals surface area contributed by atoms with Gasteiger partial charge in [-0.05, 0) is 18.6 Å². The van der Waals surface area contributed by atoms with Crippen molar-refractivity contribution < 1.29 is 22.3 Å². The highest BCUT2D eigenvalue weighted by atomic mass is 32.3. The molecule has 6 nitrogen and oxygen atoms in total. The summed E-state index contributed by atoms with van der Waals surface area (Å²) in [4.78, 5) is 0. The molecule has 0 aliphatic rings. The number of rotatable bonds is 9. The van der Waals surface area contributed by atoms with E-state index in [0.29, 0.717) is 12.2 Å². The number of para-hydroxylation sites is 1. The van der Waals surface area contributed by atoms with E-state index < -0.39 is 10.4 Å². The fourth-order valence-corrected chi connectivity index (χ4v) is 1.98. The Kier molecular flexibility index (Phi) is 15.5. The zero-order valence-corrected chi connectivity index (χ0v) is 14.1. The van der Waals surface area contributed by atoms with Crippen LogP contribution in [0, 0.1) is 0 Å². The minimum atomic E-state index is -4.23. The number of benzene rings is 1. The van der Waals surface area contributed by atoms with Crippen molar-refractivity contribution in [2.24, 2.45) is 0 Å². The van der Waals surface area contributed by atoms with Crippen molar-refractivity contribution in [3.63, 3.8) is 0 Å². The van der Waals surface area contributed by atoms with Crippen LogP contribution in [0.15, 0.2) is 30.3 Å². The summed E-state index contributed by atoms with van der Waals surface area (Å²) in [5.41, 5.74) is 0. The van der Waals surface area contributed by atoms with Crippen LogP contribution in [0.5, 0.6) is 5.75 Å². The van der Waals surface area contributed by atoms with E-state index in [9.17, 15) is 8.42 Å². The Morgan fingerprint density at radius 1 is 0.955 bits per heavy atom. The Morgan fingerprint density at radius 3 is 1.86 bits per heavy atom. The van der Waals surface area contributed by atoms with Crippen molar-refractivity contribution in [2.75, 3.05) is 6.61 Å². The molecule has 7 heteroatoms. The van der Waals surface area contributed by atoms with Crippen molar-refractivity contribution >= 4 is 10.4 Å². The Bertz CT molecular complexity index is 437. The van der Waals surface area contributed by atoms with Crippen molar-refractivity contribution in [1.82, 2.24) is 6.15 Å². The standard InChI is InChI=1S/C9H20O4S.C6H6O.H3N/c1-2-3-4-5-6-7-8-9-13-14(10,11)12;7-6-4-2-1-3-5-6;/h2-9H2,1H3,(H,10,11,12);1-5,7H;1H3. The van der Waals surface area contributed by atoms with E-state index in [-0.39, 0.29) is 12.8 Å². The molecule has 130 valence electrons. The third-order valence-corrected chi connectivity index (χ3v) is 3.20. The molecule has 1 aromatic rings. The fraction of sp³-hybridized carbons (Fsp3) is 0.600. The number of phenolic OH excluding ortho intramolecular Hbond substituents is 1. The highest BCUT2D eigenvalue weighted by molar-refractivity contribution is 7.80. The first-order valence-electron chi connectivity index (χ1n) is 7.31. The average molecular weight is 335 g/mol. The Hall–Kier alpha value is -1.15. The van der Waals surface area contributed by atoms with Gasteiger partial charge in [-0.3, -0.25) is 4.55 Å². The second-order valence-electron chi connectivity index (χ2n) is 4.71. The largest absolute Gasteiger partial charge is 0.508 e. The zero-order valence-electron chi connectivity index (χ0n) is 13.3. The highest BCUT2D eigenvalue weighted by Crippen LogP contribution is 2.07. The number of phenols is 1. The maximum absolute atomic E-state index is 10.1. The molecule has 0 atom stereocenters. The quantitative estimate of drug-likeness (QED) is 0.461. The van der Waals surface area contributed by atoms with Gasteiger partial charge in [0.05, 0.1) is 6.61 Å². The van der Waals surface area contributed by atoms with Gasteiger partial charge in [0.25, 0.3) is 0 Å². The lowest BCUT2D eigenvalue weighted by atomic mass is 10.1. The molecule has 0 fully saturated rings. The van der Waals surface area contributed by atoms with E-state index in [4.69, 9.17) is 9.66 Å². The molecule has 0 aliphatic carbocycles. The van der Waals surface area contributed by atoms with Gasteiger partial charge in [0.15, 0.2) is 0 Å². The third-order valence-electron chi connectivity index (χ3n) is 2.74. The molecule has 0 bridgehead atoms. The fourth-order valence-electron chi connectivity index (χ4n) is 1.65. The van der Waals surface area contributed by atoms with Crippen LogP contribution in [0.25, 0.3) is 0 Å². The summed E-state index contributed by atoms with van der Waals surface area (Å²) in [6.45, 7) is 2.26. The minimum absolute atomic E-state index is 0. The van der Waals surface area contributed by atoms with Crippen LogP contribution in [0.1, 0.15) is 51.9 Å². The molecular formula is C15H29NO5S. The van der Waals surface area contributed by atoms with E-state index in [1.165, 1.54) is 25.7 Å². The lowest BCUT2D eigenvalue weighted by molar-refractivity contribution is 0.261. The van der Waals surface area contributed by atoms with Crippen molar-refractivity contribution in [3.05, 3.63) is 30.3 Å². The van der Waals surface area contributed by atoms with Gasteiger partial charge in [0, 0.05) is 0 Å². The second kappa shape index (κ2) is 14.8. The molecule has 0 saturated heterocycles. The van der Waals surface area contributed by atoms with Gasteiger partial charge >= 0.3 is 10.4 Å². The Morgan fingerprint density at radius 2 is 1.45 bits per heavy atom. The lowest BCUT2D eigenvalue weighted by Gasteiger charge is -2.00.